The number of carbonyl (C=O) groups excluding carboxylic acids is 1. The SMILES string of the molecule is Cc1ccnc(NS(=O)(=O)c2ccc(NC(=O)c3ccc(CN4CCC[C@@H](C)C4)cc3)cc2)n1. The molecule has 9 heteroatoms. The highest BCUT2D eigenvalue weighted by atomic mass is 32.2. The lowest BCUT2D eigenvalue weighted by Crippen LogP contribution is -2.33. The molecule has 0 bridgehead atoms. The van der Waals surface area contributed by atoms with Crippen LogP contribution >= 0.6 is 0 Å². The second-order valence-electron chi connectivity index (χ2n) is 8.79. The summed E-state index contributed by atoms with van der Waals surface area (Å²) in [6.45, 7) is 7.16. The Kier molecular flexibility index (Phi) is 7.23. The van der Waals surface area contributed by atoms with Crippen LogP contribution in [-0.4, -0.2) is 42.3 Å². The van der Waals surface area contributed by atoms with Gasteiger partial charge in [-0.2, -0.15) is 0 Å². The molecule has 1 fully saturated rings. The minimum atomic E-state index is -3.84. The first-order valence-electron chi connectivity index (χ1n) is 11.3. The summed E-state index contributed by atoms with van der Waals surface area (Å²) in [5.74, 6) is 0.488. The predicted octanol–water partition coefficient (Wildman–Crippen LogP) is 4.07. The van der Waals surface area contributed by atoms with Crippen LogP contribution < -0.4 is 10.0 Å². The summed E-state index contributed by atoms with van der Waals surface area (Å²) in [5.41, 5.74) is 2.89. The van der Waals surface area contributed by atoms with E-state index in [-0.39, 0.29) is 16.8 Å². The van der Waals surface area contributed by atoms with Crippen molar-refractivity contribution in [2.45, 2.75) is 38.1 Å². The molecule has 0 radical (unpaired) electrons. The number of rotatable bonds is 7. The third kappa shape index (κ3) is 6.18. The zero-order chi connectivity index (χ0) is 24.1. The molecule has 1 aromatic heterocycles. The molecule has 2 heterocycles. The van der Waals surface area contributed by atoms with Crippen molar-refractivity contribution in [3.8, 4) is 0 Å². The third-order valence-electron chi connectivity index (χ3n) is 5.81. The van der Waals surface area contributed by atoms with E-state index in [4.69, 9.17) is 0 Å². The molecule has 0 spiro atoms. The van der Waals surface area contributed by atoms with Crippen LogP contribution in [0.3, 0.4) is 0 Å². The van der Waals surface area contributed by atoms with Gasteiger partial charge in [0.2, 0.25) is 5.95 Å². The highest BCUT2D eigenvalue weighted by Gasteiger charge is 2.17. The Bertz CT molecular complexity index is 1240. The molecule has 3 aromatic rings. The van der Waals surface area contributed by atoms with Crippen molar-refractivity contribution in [3.05, 3.63) is 77.6 Å². The van der Waals surface area contributed by atoms with Gasteiger partial charge in [-0.05, 0) is 80.3 Å². The van der Waals surface area contributed by atoms with Crippen LogP contribution in [0.15, 0.2) is 65.7 Å². The van der Waals surface area contributed by atoms with Gasteiger partial charge in [-0.15, -0.1) is 0 Å². The fraction of sp³-hybridized carbons (Fsp3) is 0.320. The number of nitrogens with zero attached hydrogens (tertiary/aromatic N) is 3. The summed E-state index contributed by atoms with van der Waals surface area (Å²) in [7, 11) is -3.84. The zero-order valence-electron chi connectivity index (χ0n) is 19.4. The highest BCUT2D eigenvalue weighted by molar-refractivity contribution is 7.92. The summed E-state index contributed by atoms with van der Waals surface area (Å²) in [6, 6.07) is 15.3. The number of hydrogen-bond donors (Lipinski definition) is 2. The van der Waals surface area contributed by atoms with Gasteiger partial charge in [-0.3, -0.25) is 9.69 Å². The van der Waals surface area contributed by atoms with Crippen molar-refractivity contribution in [2.75, 3.05) is 23.1 Å². The van der Waals surface area contributed by atoms with E-state index < -0.39 is 10.0 Å². The van der Waals surface area contributed by atoms with Crippen LogP contribution in [0, 0.1) is 12.8 Å². The molecular formula is C25H29N5O3S. The summed E-state index contributed by atoms with van der Waals surface area (Å²) in [4.78, 5) is 23.1. The predicted molar refractivity (Wildman–Crippen MR) is 132 cm³/mol. The van der Waals surface area contributed by atoms with Gasteiger partial charge in [-0.1, -0.05) is 19.1 Å². The summed E-state index contributed by atoms with van der Waals surface area (Å²) >= 11 is 0. The molecule has 8 nitrogen and oxygen atoms in total. The molecule has 1 aliphatic heterocycles. The maximum atomic E-state index is 12.6. The Balaban J connectivity index is 1.36. The first-order chi connectivity index (χ1) is 16.3. The molecule has 0 unspecified atom stereocenters. The molecule has 2 aromatic carbocycles. The molecule has 1 aliphatic rings. The second kappa shape index (κ2) is 10.3. The Morgan fingerprint density at radius 1 is 1.09 bits per heavy atom. The maximum absolute atomic E-state index is 12.6. The summed E-state index contributed by atoms with van der Waals surface area (Å²) in [6.07, 6.45) is 4.01. The monoisotopic (exact) mass is 479 g/mol. The topological polar surface area (TPSA) is 104 Å². The molecular weight excluding hydrogens is 450 g/mol. The molecule has 4 rings (SSSR count). The van der Waals surface area contributed by atoms with Crippen molar-refractivity contribution in [1.82, 2.24) is 14.9 Å². The van der Waals surface area contributed by atoms with Gasteiger partial charge in [0, 0.05) is 36.2 Å². The molecule has 1 amide bonds. The number of likely N-dealkylation sites (tertiary alicyclic amines) is 1. The lowest BCUT2D eigenvalue weighted by molar-refractivity contribution is 0.102. The number of nitrogens with one attached hydrogen (secondary N) is 2. The number of hydrogen-bond acceptors (Lipinski definition) is 6. The standard InChI is InChI=1S/C25H29N5O3S/c1-18-4-3-15-30(16-18)17-20-5-7-21(8-6-20)24(31)28-22-9-11-23(12-10-22)34(32,33)29-25-26-14-13-19(2)27-25/h5-14,18H,3-4,15-17H2,1-2H3,(H,28,31)(H,26,27,29)/t18-/m1/s1. The molecule has 0 aliphatic carbocycles. The van der Waals surface area contributed by atoms with Crippen LogP contribution in [0.4, 0.5) is 11.6 Å². The van der Waals surface area contributed by atoms with Gasteiger partial charge in [0.05, 0.1) is 4.90 Å². The first-order valence-corrected chi connectivity index (χ1v) is 12.8. The van der Waals surface area contributed by atoms with E-state index in [2.05, 4.69) is 31.8 Å². The smallest absolute Gasteiger partial charge is 0.264 e. The van der Waals surface area contributed by atoms with Crippen LogP contribution in [0.2, 0.25) is 0 Å². The van der Waals surface area contributed by atoms with Gasteiger partial charge in [0.1, 0.15) is 0 Å². The quantitative estimate of drug-likeness (QED) is 0.529. The van der Waals surface area contributed by atoms with E-state index in [1.54, 1.807) is 25.1 Å². The van der Waals surface area contributed by atoms with E-state index in [9.17, 15) is 13.2 Å². The van der Waals surface area contributed by atoms with E-state index >= 15 is 0 Å². The molecule has 1 saturated heterocycles. The van der Waals surface area contributed by atoms with Crippen LogP contribution in [0.25, 0.3) is 0 Å². The zero-order valence-corrected chi connectivity index (χ0v) is 20.2. The molecule has 34 heavy (non-hydrogen) atoms. The van der Waals surface area contributed by atoms with Crippen LogP contribution in [0.5, 0.6) is 0 Å². The van der Waals surface area contributed by atoms with Gasteiger partial charge < -0.3 is 5.32 Å². The number of benzene rings is 2. The average Bonchev–Trinajstić information content (AvgIpc) is 2.80. The summed E-state index contributed by atoms with van der Waals surface area (Å²) in [5, 5.41) is 2.81. The lowest BCUT2D eigenvalue weighted by Gasteiger charge is -2.30. The number of anilines is 2. The number of aryl methyl sites for hydroxylation is 1. The number of piperidine rings is 1. The fourth-order valence-electron chi connectivity index (χ4n) is 4.05. The van der Waals surface area contributed by atoms with Gasteiger partial charge >= 0.3 is 0 Å². The van der Waals surface area contributed by atoms with Gasteiger partial charge in [-0.25, -0.2) is 23.1 Å². The third-order valence-corrected chi connectivity index (χ3v) is 7.15. The van der Waals surface area contributed by atoms with Gasteiger partial charge in [0.15, 0.2) is 0 Å². The Morgan fingerprint density at radius 2 is 1.82 bits per heavy atom. The van der Waals surface area contributed by atoms with E-state index in [1.807, 2.05) is 24.3 Å². The van der Waals surface area contributed by atoms with Crippen molar-refractivity contribution < 1.29 is 13.2 Å². The number of sulfonamides is 1. The molecule has 178 valence electrons. The summed E-state index contributed by atoms with van der Waals surface area (Å²) < 4.78 is 27.5. The van der Waals surface area contributed by atoms with E-state index in [0.29, 0.717) is 16.9 Å². The normalized spacial score (nSPS) is 16.7. The Hall–Kier alpha value is -3.30. The maximum Gasteiger partial charge on any atom is 0.264 e. The van der Waals surface area contributed by atoms with E-state index in [0.717, 1.165) is 25.6 Å². The minimum absolute atomic E-state index is 0.00984. The Morgan fingerprint density at radius 3 is 2.50 bits per heavy atom. The van der Waals surface area contributed by atoms with E-state index in [1.165, 1.54) is 36.7 Å². The average molecular weight is 480 g/mol. The highest BCUT2D eigenvalue weighted by Crippen LogP contribution is 2.19. The van der Waals surface area contributed by atoms with Crippen LogP contribution in [-0.2, 0) is 16.6 Å². The number of carbonyl (C=O) groups is 1. The fourth-order valence-corrected chi connectivity index (χ4v) is 5.00. The van der Waals surface area contributed by atoms with Crippen molar-refractivity contribution >= 4 is 27.6 Å². The molecule has 0 saturated carbocycles. The minimum Gasteiger partial charge on any atom is -0.322 e. The van der Waals surface area contributed by atoms with Crippen LogP contribution in [0.1, 0.15) is 41.4 Å². The number of amides is 1. The largest absolute Gasteiger partial charge is 0.322 e. The van der Waals surface area contributed by atoms with Crippen molar-refractivity contribution in [3.63, 3.8) is 0 Å². The number of aromatic nitrogens is 2. The Labute approximate surface area is 200 Å². The second-order valence-corrected chi connectivity index (χ2v) is 10.5. The molecule has 2 N–H and O–H groups in total. The van der Waals surface area contributed by atoms with Crippen molar-refractivity contribution in [2.24, 2.45) is 5.92 Å². The lowest BCUT2D eigenvalue weighted by atomic mass is 9.99. The molecule has 1 atom stereocenters. The van der Waals surface area contributed by atoms with Gasteiger partial charge in [0.25, 0.3) is 15.9 Å². The first kappa shape index (κ1) is 23.8. The van der Waals surface area contributed by atoms with Crippen molar-refractivity contribution in [1.29, 1.82) is 0 Å².